The van der Waals surface area contributed by atoms with E-state index in [0.29, 0.717) is 23.5 Å². The van der Waals surface area contributed by atoms with Gasteiger partial charge in [0, 0.05) is 41.5 Å². The molecule has 2 saturated heterocycles. The number of nitrogens with zero attached hydrogens (tertiary/aromatic N) is 6. The minimum absolute atomic E-state index is 0.00295. The van der Waals surface area contributed by atoms with Crippen molar-refractivity contribution in [2.75, 3.05) is 6.66 Å². The normalized spacial score (nSPS) is 23.0. The molecule has 2 fully saturated rings. The summed E-state index contributed by atoms with van der Waals surface area (Å²) in [6, 6.07) is 12.9. The highest BCUT2D eigenvalue weighted by Gasteiger charge is 2.45. The summed E-state index contributed by atoms with van der Waals surface area (Å²) in [6.45, 7) is 2.24. The van der Waals surface area contributed by atoms with E-state index >= 15 is 0 Å². The summed E-state index contributed by atoms with van der Waals surface area (Å²) < 4.78 is 6.23. The number of carbonyl (C=O) groups excluding carboxylic acids is 1. The summed E-state index contributed by atoms with van der Waals surface area (Å²) in [5.74, 6) is 1.48. The first kappa shape index (κ1) is 19.6. The van der Waals surface area contributed by atoms with Gasteiger partial charge in [-0.15, -0.1) is 0 Å². The third-order valence-electron chi connectivity index (χ3n) is 6.65. The number of aromatic nitrogens is 5. The maximum Gasteiger partial charge on any atom is 0.251 e. The van der Waals surface area contributed by atoms with E-state index in [1.807, 2.05) is 47.2 Å². The first-order chi connectivity index (χ1) is 15.7. The predicted molar refractivity (Wildman–Crippen MR) is 125 cm³/mol. The number of fused-ring (bicyclic) bond motifs is 3. The highest BCUT2D eigenvalue weighted by atomic mass is 31.1. The third-order valence-corrected chi connectivity index (χ3v) is 7.86. The average molecular weight is 445 g/mol. The first-order valence-corrected chi connectivity index (χ1v) is 12.4. The van der Waals surface area contributed by atoms with Crippen LogP contribution in [0.25, 0.3) is 22.5 Å². The van der Waals surface area contributed by atoms with Crippen LogP contribution in [-0.2, 0) is 0 Å². The van der Waals surface area contributed by atoms with Crippen LogP contribution in [0.1, 0.15) is 29.6 Å². The van der Waals surface area contributed by atoms with Gasteiger partial charge < -0.3 is 5.32 Å². The van der Waals surface area contributed by atoms with E-state index in [4.69, 9.17) is 4.98 Å². The highest BCUT2D eigenvalue weighted by molar-refractivity contribution is 7.34. The van der Waals surface area contributed by atoms with Crippen molar-refractivity contribution in [3.8, 4) is 11.6 Å². The van der Waals surface area contributed by atoms with Gasteiger partial charge in [0.25, 0.3) is 5.91 Å². The first-order valence-electron chi connectivity index (χ1n) is 10.9. The van der Waals surface area contributed by atoms with Crippen LogP contribution >= 0.6 is 8.73 Å². The van der Waals surface area contributed by atoms with Gasteiger partial charge in [-0.1, -0.05) is 14.8 Å². The molecule has 32 heavy (non-hydrogen) atoms. The molecule has 0 saturated carbocycles. The van der Waals surface area contributed by atoms with E-state index in [0.717, 1.165) is 31.9 Å². The molecule has 9 heteroatoms. The van der Waals surface area contributed by atoms with E-state index in [2.05, 4.69) is 26.7 Å². The minimum atomic E-state index is -0.00295. The molecule has 1 unspecified atom stereocenters. The van der Waals surface area contributed by atoms with Crippen molar-refractivity contribution in [2.45, 2.75) is 37.4 Å². The van der Waals surface area contributed by atoms with Crippen LogP contribution in [-0.4, -0.2) is 59.7 Å². The third kappa shape index (κ3) is 3.22. The van der Waals surface area contributed by atoms with Gasteiger partial charge in [0.15, 0.2) is 5.82 Å². The molecule has 0 aliphatic carbocycles. The zero-order chi connectivity index (χ0) is 21.7. The van der Waals surface area contributed by atoms with Crippen molar-refractivity contribution in [1.29, 1.82) is 0 Å². The average Bonchev–Trinajstić information content (AvgIpc) is 3.62. The fourth-order valence-electron chi connectivity index (χ4n) is 5.17. The van der Waals surface area contributed by atoms with Crippen molar-refractivity contribution in [3.63, 3.8) is 0 Å². The number of rotatable bonds is 5. The Morgan fingerprint density at radius 2 is 2.09 bits per heavy atom. The summed E-state index contributed by atoms with van der Waals surface area (Å²) in [6.07, 6.45) is 10.6. The van der Waals surface area contributed by atoms with Gasteiger partial charge in [-0.2, -0.15) is 5.10 Å². The van der Waals surface area contributed by atoms with E-state index in [-0.39, 0.29) is 11.9 Å². The molecular formula is C23H24N7OP. The lowest BCUT2D eigenvalue weighted by Crippen LogP contribution is -2.42. The summed E-state index contributed by atoms with van der Waals surface area (Å²) >= 11 is 0. The molecule has 4 atom stereocenters. The lowest BCUT2D eigenvalue weighted by Gasteiger charge is -2.23. The molecule has 2 aliphatic rings. The Hall–Kier alpha value is -3.09. The maximum atomic E-state index is 13.0. The molecule has 162 valence electrons. The Balaban J connectivity index is 1.25. The number of hydrogen-bond acceptors (Lipinski definition) is 5. The largest absolute Gasteiger partial charge is 0.348 e. The maximum absolute atomic E-state index is 13.0. The molecule has 6 rings (SSSR count). The zero-order valence-electron chi connectivity index (χ0n) is 17.7. The van der Waals surface area contributed by atoms with Crippen LogP contribution in [0.3, 0.4) is 0 Å². The van der Waals surface area contributed by atoms with Gasteiger partial charge in [0.2, 0.25) is 0 Å². The molecule has 2 aliphatic heterocycles. The van der Waals surface area contributed by atoms with Crippen LogP contribution in [0, 0.1) is 0 Å². The zero-order valence-corrected chi connectivity index (χ0v) is 18.7. The second kappa shape index (κ2) is 7.80. The number of pyridine rings is 1. The van der Waals surface area contributed by atoms with Crippen molar-refractivity contribution in [3.05, 3.63) is 66.9 Å². The van der Waals surface area contributed by atoms with Gasteiger partial charge >= 0.3 is 0 Å². The van der Waals surface area contributed by atoms with Crippen LogP contribution in [0.15, 0.2) is 61.3 Å². The summed E-state index contributed by atoms with van der Waals surface area (Å²) in [5, 5.41) is 8.74. The number of benzene rings is 1. The minimum Gasteiger partial charge on any atom is -0.348 e. The fraction of sp³-hybridized carbons (Fsp3) is 0.304. The molecule has 0 radical (unpaired) electrons. The van der Waals surface area contributed by atoms with E-state index in [9.17, 15) is 4.79 Å². The SMILES string of the molecule is CPN1[C@H]2CC[C@@H]1[C@H](NC(=O)c1ccc3c(cnn3-c3cccc(-n4ccnc4)n3)c1)C2. The Kier molecular flexibility index (Phi) is 4.77. The number of imidazole rings is 1. The van der Waals surface area contributed by atoms with Crippen LogP contribution in [0.2, 0.25) is 0 Å². The molecule has 8 nitrogen and oxygen atoms in total. The molecule has 1 N–H and O–H groups in total. The molecule has 5 heterocycles. The Morgan fingerprint density at radius 1 is 1.19 bits per heavy atom. The van der Waals surface area contributed by atoms with Gasteiger partial charge in [-0.25, -0.2) is 14.6 Å². The van der Waals surface area contributed by atoms with E-state index in [1.165, 1.54) is 12.8 Å². The Bertz CT molecular complexity index is 1280. The number of nitrogens with one attached hydrogen (secondary N) is 1. The number of amides is 1. The van der Waals surface area contributed by atoms with Crippen LogP contribution < -0.4 is 5.32 Å². The van der Waals surface area contributed by atoms with Crippen molar-refractivity contribution < 1.29 is 4.79 Å². The lowest BCUT2D eigenvalue weighted by atomic mass is 9.95. The van der Waals surface area contributed by atoms with E-state index in [1.54, 1.807) is 23.4 Å². The van der Waals surface area contributed by atoms with E-state index < -0.39 is 0 Å². The van der Waals surface area contributed by atoms with Gasteiger partial charge in [-0.3, -0.25) is 14.0 Å². The number of carbonyl (C=O) groups is 1. The molecule has 2 bridgehead atoms. The highest BCUT2D eigenvalue weighted by Crippen LogP contribution is 2.43. The number of hydrogen-bond donors (Lipinski definition) is 1. The van der Waals surface area contributed by atoms with Crippen LogP contribution in [0.4, 0.5) is 0 Å². The molecule has 1 aromatic carbocycles. The smallest absolute Gasteiger partial charge is 0.251 e. The van der Waals surface area contributed by atoms with Crippen LogP contribution in [0.5, 0.6) is 0 Å². The standard InChI is InChI=1S/C23H24N7OP/c1-32-30-17-6-8-20(30)18(12-17)26-23(31)15-5-7-19-16(11-15)13-25-29(19)22-4-2-3-21(27-22)28-10-9-24-14-28/h2-5,7,9-11,13-14,17-18,20,32H,6,8,12H2,1H3,(H,26,31)/t17-,18+,20+/m0/s1. The molecule has 0 spiro atoms. The quantitative estimate of drug-likeness (QED) is 0.478. The summed E-state index contributed by atoms with van der Waals surface area (Å²) in [5.41, 5.74) is 1.58. The van der Waals surface area contributed by atoms with Gasteiger partial charge in [0.1, 0.15) is 12.1 Å². The molecule has 3 aromatic heterocycles. The summed E-state index contributed by atoms with van der Waals surface area (Å²) in [7, 11) is 0.811. The second-order valence-corrected chi connectivity index (χ2v) is 9.36. The monoisotopic (exact) mass is 445 g/mol. The van der Waals surface area contributed by atoms with Crippen molar-refractivity contribution >= 4 is 25.5 Å². The lowest BCUT2D eigenvalue weighted by molar-refractivity contribution is 0.0929. The van der Waals surface area contributed by atoms with Gasteiger partial charge in [0.05, 0.1) is 11.7 Å². The van der Waals surface area contributed by atoms with Gasteiger partial charge in [-0.05, 0) is 56.3 Å². The van der Waals surface area contributed by atoms with Crippen molar-refractivity contribution in [2.24, 2.45) is 0 Å². The Morgan fingerprint density at radius 3 is 2.91 bits per heavy atom. The second-order valence-electron chi connectivity index (χ2n) is 8.40. The molecule has 1 amide bonds. The molecular weight excluding hydrogens is 421 g/mol. The fourth-order valence-corrected chi connectivity index (χ4v) is 6.41. The Labute approximate surface area is 187 Å². The summed E-state index contributed by atoms with van der Waals surface area (Å²) in [4.78, 5) is 21.8. The van der Waals surface area contributed by atoms with Crippen molar-refractivity contribution in [1.82, 2.24) is 34.3 Å². The topological polar surface area (TPSA) is 80.9 Å². The predicted octanol–water partition coefficient (Wildman–Crippen LogP) is 3.16. The molecule has 4 aromatic rings.